The van der Waals surface area contributed by atoms with Crippen molar-refractivity contribution in [3.05, 3.63) is 35.9 Å². The maximum absolute atomic E-state index is 12.3. The van der Waals surface area contributed by atoms with Crippen LogP contribution in [0.25, 0.3) is 0 Å². The van der Waals surface area contributed by atoms with Crippen molar-refractivity contribution >= 4 is 5.91 Å². The van der Waals surface area contributed by atoms with E-state index in [-0.39, 0.29) is 18.1 Å². The molecule has 110 valence electrons. The van der Waals surface area contributed by atoms with Gasteiger partial charge in [-0.05, 0) is 17.9 Å². The van der Waals surface area contributed by atoms with Gasteiger partial charge >= 0.3 is 0 Å². The number of morpholine rings is 1. The molecule has 2 unspecified atom stereocenters. The van der Waals surface area contributed by atoms with Gasteiger partial charge in [-0.3, -0.25) is 4.79 Å². The van der Waals surface area contributed by atoms with E-state index in [4.69, 9.17) is 4.74 Å². The summed E-state index contributed by atoms with van der Waals surface area (Å²) in [6, 6.07) is 10.2. The molecule has 1 aliphatic rings. The fourth-order valence-electron chi connectivity index (χ4n) is 2.43. The van der Waals surface area contributed by atoms with Gasteiger partial charge in [-0.2, -0.15) is 0 Å². The average Bonchev–Trinajstić information content (AvgIpc) is 2.48. The van der Waals surface area contributed by atoms with Gasteiger partial charge in [0.25, 0.3) is 5.91 Å². The molecule has 0 aromatic heterocycles. The van der Waals surface area contributed by atoms with Gasteiger partial charge in [-0.25, -0.2) is 0 Å². The van der Waals surface area contributed by atoms with E-state index in [9.17, 15) is 4.79 Å². The molecule has 20 heavy (non-hydrogen) atoms. The van der Waals surface area contributed by atoms with Gasteiger partial charge in [0.05, 0.1) is 12.6 Å². The first-order valence-electron chi connectivity index (χ1n) is 7.34. The number of hydrogen-bond acceptors (Lipinski definition) is 3. The molecule has 2 rings (SSSR count). The first kappa shape index (κ1) is 15.0. The van der Waals surface area contributed by atoms with Gasteiger partial charge in [-0.1, -0.05) is 44.2 Å². The number of amides is 1. The van der Waals surface area contributed by atoms with Crippen molar-refractivity contribution in [3.63, 3.8) is 0 Å². The van der Waals surface area contributed by atoms with Crippen LogP contribution in [-0.4, -0.2) is 31.7 Å². The number of carbonyl (C=O) groups excluding carboxylic acids is 1. The van der Waals surface area contributed by atoms with Crippen LogP contribution in [0.5, 0.6) is 0 Å². The lowest BCUT2D eigenvalue weighted by atomic mass is 9.97. The standard InChI is InChI=1S/C16H24N2O2/c1-12(2)10-14(13-6-4-3-5-7-13)18-16(19)15-11-17-8-9-20-15/h3-7,12,14-15,17H,8-11H2,1-2H3,(H,18,19). The lowest BCUT2D eigenvalue weighted by Gasteiger charge is -2.27. The molecular weight excluding hydrogens is 252 g/mol. The third-order valence-corrected chi connectivity index (χ3v) is 3.45. The van der Waals surface area contributed by atoms with Crippen molar-refractivity contribution in [1.82, 2.24) is 10.6 Å². The summed E-state index contributed by atoms with van der Waals surface area (Å²) in [4.78, 5) is 12.3. The number of rotatable bonds is 5. The smallest absolute Gasteiger partial charge is 0.250 e. The zero-order valence-electron chi connectivity index (χ0n) is 12.3. The molecule has 1 aliphatic heterocycles. The molecule has 1 saturated heterocycles. The largest absolute Gasteiger partial charge is 0.366 e. The summed E-state index contributed by atoms with van der Waals surface area (Å²) in [5.41, 5.74) is 1.15. The summed E-state index contributed by atoms with van der Waals surface area (Å²) in [7, 11) is 0. The highest BCUT2D eigenvalue weighted by molar-refractivity contribution is 5.81. The number of hydrogen-bond donors (Lipinski definition) is 2. The monoisotopic (exact) mass is 276 g/mol. The SMILES string of the molecule is CC(C)CC(NC(=O)C1CNCCO1)c1ccccc1. The first-order valence-corrected chi connectivity index (χ1v) is 7.34. The number of benzene rings is 1. The number of ether oxygens (including phenoxy) is 1. The van der Waals surface area contributed by atoms with Crippen molar-refractivity contribution < 1.29 is 9.53 Å². The molecule has 0 spiro atoms. The van der Waals surface area contributed by atoms with E-state index in [2.05, 4.69) is 36.6 Å². The van der Waals surface area contributed by atoms with Gasteiger partial charge in [0, 0.05) is 13.1 Å². The van der Waals surface area contributed by atoms with Gasteiger partial charge in [-0.15, -0.1) is 0 Å². The van der Waals surface area contributed by atoms with Gasteiger partial charge in [0.2, 0.25) is 0 Å². The van der Waals surface area contributed by atoms with Crippen molar-refractivity contribution in [2.75, 3.05) is 19.7 Å². The lowest BCUT2D eigenvalue weighted by Crippen LogP contribution is -2.48. The van der Waals surface area contributed by atoms with E-state index in [0.29, 0.717) is 19.1 Å². The summed E-state index contributed by atoms with van der Waals surface area (Å²) in [6.45, 7) is 6.34. The van der Waals surface area contributed by atoms with Crippen LogP contribution in [0.15, 0.2) is 30.3 Å². The maximum Gasteiger partial charge on any atom is 0.250 e. The third kappa shape index (κ3) is 4.32. The minimum absolute atomic E-state index is 0.0216. The predicted octanol–water partition coefficient (Wildman–Crippen LogP) is 1.88. The molecule has 4 heteroatoms. The van der Waals surface area contributed by atoms with E-state index in [0.717, 1.165) is 18.5 Å². The molecule has 1 amide bonds. The predicted molar refractivity (Wildman–Crippen MR) is 79.4 cm³/mol. The Bertz CT molecular complexity index is 414. The van der Waals surface area contributed by atoms with Crippen LogP contribution in [-0.2, 0) is 9.53 Å². The van der Waals surface area contributed by atoms with E-state index in [1.54, 1.807) is 0 Å². The summed E-state index contributed by atoms with van der Waals surface area (Å²) in [5, 5.41) is 6.31. The fraction of sp³-hybridized carbons (Fsp3) is 0.562. The highest BCUT2D eigenvalue weighted by Gasteiger charge is 2.25. The van der Waals surface area contributed by atoms with E-state index >= 15 is 0 Å². The van der Waals surface area contributed by atoms with Crippen LogP contribution < -0.4 is 10.6 Å². The second kappa shape index (κ2) is 7.41. The molecule has 0 aliphatic carbocycles. The Morgan fingerprint density at radius 3 is 2.75 bits per heavy atom. The number of carbonyl (C=O) groups is 1. The van der Waals surface area contributed by atoms with Crippen LogP contribution >= 0.6 is 0 Å². The Kier molecular flexibility index (Phi) is 5.56. The van der Waals surface area contributed by atoms with Crippen LogP contribution in [0.2, 0.25) is 0 Å². The van der Waals surface area contributed by atoms with Crippen molar-refractivity contribution in [2.45, 2.75) is 32.4 Å². The average molecular weight is 276 g/mol. The normalized spacial score (nSPS) is 20.6. The van der Waals surface area contributed by atoms with E-state index in [1.165, 1.54) is 0 Å². The molecule has 2 N–H and O–H groups in total. The quantitative estimate of drug-likeness (QED) is 0.863. The third-order valence-electron chi connectivity index (χ3n) is 3.45. The Hall–Kier alpha value is -1.39. The van der Waals surface area contributed by atoms with E-state index in [1.807, 2.05) is 18.2 Å². The molecule has 1 aromatic carbocycles. The summed E-state index contributed by atoms with van der Waals surface area (Å²) in [5.74, 6) is 0.498. The molecule has 0 radical (unpaired) electrons. The Morgan fingerprint density at radius 1 is 1.40 bits per heavy atom. The zero-order valence-corrected chi connectivity index (χ0v) is 12.3. The molecule has 2 atom stereocenters. The Labute approximate surface area is 120 Å². The van der Waals surface area contributed by atoms with Crippen LogP contribution in [0, 0.1) is 5.92 Å². The second-order valence-electron chi connectivity index (χ2n) is 5.66. The highest BCUT2D eigenvalue weighted by Crippen LogP contribution is 2.21. The Morgan fingerprint density at radius 2 is 2.15 bits per heavy atom. The highest BCUT2D eigenvalue weighted by atomic mass is 16.5. The van der Waals surface area contributed by atoms with Crippen LogP contribution in [0.1, 0.15) is 31.9 Å². The van der Waals surface area contributed by atoms with Crippen molar-refractivity contribution in [1.29, 1.82) is 0 Å². The minimum Gasteiger partial charge on any atom is -0.366 e. The zero-order chi connectivity index (χ0) is 14.4. The molecule has 4 nitrogen and oxygen atoms in total. The summed E-state index contributed by atoms with van der Waals surface area (Å²) in [6.07, 6.45) is 0.553. The van der Waals surface area contributed by atoms with Gasteiger partial charge < -0.3 is 15.4 Å². The molecule has 1 heterocycles. The lowest BCUT2D eigenvalue weighted by molar-refractivity contribution is -0.135. The fourth-order valence-corrected chi connectivity index (χ4v) is 2.43. The minimum atomic E-state index is -0.373. The first-order chi connectivity index (χ1) is 9.66. The van der Waals surface area contributed by atoms with Crippen LogP contribution in [0.4, 0.5) is 0 Å². The summed E-state index contributed by atoms with van der Waals surface area (Å²) < 4.78 is 5.51. The van der Waals surface area contributed by atoms with Crippen LogP contribution in [0.3, 0.4) is 0 Å². The van der Waals surface area contributed by atoms with Gasteiger partial charge in [0.15, 0.2) is 0 Å². The molecular formula is C16H24N2O2. The maximum atomic E-state index is 12.3. The number of nitrogens with one attached hydrogen (secondary N) is 2. The molecule has 0 saturated carbocycles. The van der Waals surface area contributed by atoms with Crippen molar-refractivity contribution in [3.8, 4) is 0 Å². The summed E-state index contributed by atoms with van der Waals surface area (Å²) >= 11 is 0. The molecule has 1 fully saturated rings. The van der Waals surface area contributed by atoms with E-state index < -0.39 is 0 Å². The molecule has 1 aromatic rings. The molecule has 0 bridgehead atoms. The second-order valence-corrected chi connectivity index (χ2v) is 5.66. The topological polar surface area (TPSA) is 50.4 Å². The van der Waals surface area contributed by atoms with Crippen molar-refractivity contribution in [2.24, 2.45) is 5.92 Å². The van der Waals surface area contributed by atoms with Gasteiger partial charge in [0.1, 0.15) is 6.10 Å². The Balaban J connectivity index is 2.01.